The third-order valence-electron chi connectivity index (χ3n) is 4.07. The average Bonchev–Trinajstić information content (AvgIpc) is 2.82. The summed E-state index contributed by atoms with van der Waals surface area (Å²) in [6, 6.07) is 19.8. The highest BCUT2D eigenvalue weighted by Crippen LogP contribution is 2.22. The van der Waals surface area contributed by atoms with Crippen LogP contribution in [0, 0.1) is 0 Å². The van der Waals surface area contributed by atoms with E-state index in [-0.39, 0.29) is 12.5 Å². The summed E-state index contributed by atoms with van der Waals surface area (Å²) in [5, 5.41) is 8.26. The molecule has 0 unspecified atom stereocenters. The van der Waals surface area contributed by atoms with Gasteiger partial charge in [-0.25, -0.2) is 9.59 Å². The molecule has 0 aliphatic heterocycles. The summed E-state index contributed by atoms with van der Waals surface area (Å²) in [7, 11) is 1.56. The Morgan fingerprint density at radius 3 is 1.77 bits per heavy atom. The van der Waals surface area contributed by atoms with Gasteiger partial charge in [-0.15, -0.1) is 11.6 Å². The van der Waals surface area contributed by atoms with Gasteiger partial charge in [-0.2, -0.15) is 10.2 Å². The van der Waals surface area contributed by atoms with Crippen molar-refractivity contribution in [3.8, 4) is 11.5 Å². The van der Waals surface area contributed by atoms with Crippen molar-refractivity contribution < 1.29 is 23.8 Å². The number of carbonyl (C=O) groups excluding carboxylic acids is 2. The van der Waals surface area contributed by atoms with Gasteiger partial charge < -0.3 is 14.2 Å². The van der Waals surface area contributed by atoms with Gasteiger partial charge in [-0.3, -0.25) is 0 Å². The van der Waals surface area contributed by atoms with Gasteiger partial charge in [0.2, 0.25) is 0 Å². The molecule has 7 nitrogen and oxygen atoms in total. The van der Waals surface area contributed by atoms with Crippen molar-refractivity contribution in [2.75, 3.05) is 19.6 Å². The van der Waals surface area contributed by atoms with Crippen LogP contribution in [0.4, 0.5) is 11.4 Å². The number of rotatable bonds is 8. The van der Waals surface area contributed by atoms with Crippen LogP contribution in [0.5, 0.6) is 11.5 Å². The first kappa shape index (κ1) is 22.0. The maximum Gasteiger partial charge on any atom is 0.343 e. The fourth-order valence-corrected chi connectivity index (χ4v) is 2.55. The molecule has 0 heterocycles. The van der Waals surface area contributed by atoms with Crippen LogP contribution in [-0.2, 0) is 4.74 Å². The van der Waals surface area contributed by atoms with Gasteiger partial charge in [0.15, 0.2) is 0 Å². The fraction of sp³-hybridized carbons (Fsp3) is 0.130. The van der Waals surface area contributed by atoms with Crippen molar-refractivity contribution >= 4 is 34.9 Å². The van der Waals surface area contributed by atoms with Crippen molar-refractivity contribution in [2.24, 2.45) is 10.2 Å². The normalized spacial score (nSPS) is 10.6. The van der Waals surface area contributed by atoms with Crippen molar-refractivity contribution in [3.63, 3.8) is 0 Å². The number of hydrogen-bond acceptors (Lipinski definition) is 7. The summed E-state index contributed by atoms with van der Waals surface area (Å²) in [6.07, 6.45) is 0. The minimum Gasteiger partial charge on any atom is -0.497 e. The van der Waals surface area contributed by atoms with E-state index in [1.165, 1.54) is 0 Å². The minimum absolute atomic E-state index is 0.160. The molecule has 0 bridgehead atoms. The molecule has 0 N–H and O–H groups in total. The van der Waals surface area contributed by atoms with Gasteiger partial charge in [0.05, 0.1) is 35.5 Å². The molecule has 0 amide bonds. The summed E-state index contributed by atoms with van der Waals surface area (Å²) in [5.41, 5.74) is 1.98. The largest absolute Gasteiger partial charge is 0.497 e. The number of methoxy groups -OCH3 is 1. The quantitative estimate of drug-likeness (QED) is 0.194. The Morgan fingerprint density at radius 2 is 1.23 bits per heavy atom. The Balaban J connectivity index is 1.57. The molecule has 0 radical (unpaired) electrons. The number of alkyl halides is 1. The maximum atomic E-state index is 12.2. The minimum atomic E-state index is -0.471. The summed E-state index contributed by atoms with van der Waals surface area (Å²) in [6.45, 7) is 0.160. The number of halogens is 1. The Bertz CT molecular complexity index is 1050. The number of esters is 2. The van der Waals surface area contributed by atoms with Crippen LogP contribution in [0.2, 0.25) is 0 Å². The zero-order chi connectivity index (χ0) is 22.1. The molecule has 3 aromatic rings. The van der Waals surface area contributed by atoms with E-state index in [2.05, 4.69) is 10.2 Å². The van der Waals surface area contributed by atoms with Crippen LogP contribution >= 0.6 is 11.6 Å². The van der Waals surface area contributed by atoms with Gasteiger partial charge in [-0.1, -0.05) is 0 Å². The Morgan fingerprint density at radius 1 is 0.742 bits per heavy atom. The number of hydrogen-bond donors (Lipinski definition) is 0. The number of carbonyl (C=O) groups is 2. The molecule has 158 valence electrons. The third-order valence-corrected chi connectivity index (χ3v) is 4.22. The molecule has 31 heavy (non-hydrogen) atoms. The van der Waals surface area contributed by atoms with Crippen LogP contribution in [0.3, 0.4) is 0 Å². The second kappa shape index (κ2) is 10.9. The summed E-state index contributed by atoms with van der Waals surface area (Å²) in [5.74, 6) is 0.384. The summed E-state index contributed by atoms with van der Waals surface area (Å²) >= 11 is 5.50. The predicted molar refractivity (Wildman–Crippen MR) is 116 cm³/mol. The third kappa shape index (κ3) is 6.38. The lowest BCUT2D eigenvalue weighted by Crippen LogP contribution is -2.08. The number of benzene rings is 3. The second-order valence-corrected chi connectivity index (χ2v) is 6.56. The lowest BCUT2D eigenvalue weighted by atomic mass is 10.2. The van der Waals surface area contributed by atoms with Crippen LogP contribution in [0.25, 0.3) is 0 Å². The van der Waals surface area contributed by atoms with E-state index in [4.69, 9.17) is 25.8 Å². The first-order valence-electron chi connectivity index (χ1n) is 9.30. The molecule has 0 saturated carbocycles. The standard InChI is InChI=1S/C23H19ClN2O5/c1-29-20-10-4-17(5-11-20)23(28)31-21-12-8-19(9-13-21)26-25-18-6-2-16(3-7-18)22(27)30-15-14-24/h2-13H,14-15H2,1H3. The number of nitrogens with zero attached hydrogens (tertiary/aromatic N) is 2. The molecular formula is C23H19ClN2O5. The van der Waals surface area contributed by atoms with Gasteiger partial charge >= 0.3 is 11.9 Å². The molecule has 0 atom stereocenters. The Labute approximate surface area is 184 Å². The van der Waals surface area contributed by atoms with Gasteiger partial charge in [0.25, 0.3) is 0 Å². The first-order valence-corrected chi connectivity index (χ1v) is 9.83. The van der Waals surface area contributed by atoms with Crippen LogP contribution in [0.1, 0.15) is 20.7 Å². The zero-order valence-electron chi connectivity index (χ0n) is 16.7. The highest BCUT2D eigenvalue weighted by Gasteiger charge is 2.09. The zero-order valence-corrected chi connectivity index (χ0v) is 17.4. The van der Waals surface area contributed by atoms with Gasteiger partial charge in [0.1, 0.15) is 18.1 Å². The molecule has 3 aromatic carbocycles. The summed E-state index contributed by atoms with van der Waals surface area (Å²) in [4.78, 5) is 23.9. The molecule has 0 aromatic heterocycles. The van der Waals surface area contributed by atoms with E-state index in [1.807, 2.05) is 0 Å². The molecule has 0 aliphatic carbocycles. The topological polar surface area (TPSA) is 86.5 Å². The van der Waals surface area contributed by atoms with E-state index in [1.54, 1.807) is 79.9 Å². The fourth-order valence-electron chi connectivity index (χ4n) is 2.47. The van der Waals surface area contributed by atoms with E-state index >= 15 is 0 Å². The Hall–Kier alpha value is -3.71. The smallest absolute Gasteiger partial charge is 0.343 e. The predicted octanol–water partition coefficient (Wildman–Crippen LogP) is 5.73. The van der Waals surface area contributed by atoms with Crippen LogP contribution in [0.15, 0.2) is 83.0 Å². The van der Waals surface area contributed by atoms with Crippen molar-refractivity contribution in [3.05, 3.63) is 83.9 Å². The molecule has 8 heteroatoms. The molecule has 0 fully saturated rings. The molecule has 3 rings (SSSR count). The number of azo groups is 1. The molecule has 0 aliphatic rings. The maximum absolute atomic E-state index is 12.2. The van der Waals surface area contributed by atoms with Crippen molar-refractivity contribution in [2.45, 2.75) is 0 Å². The first-order chi connectivity index (χ1) is 15.1. The Kier molecular flexibility index (Phi) is 7.73. The van der Waals surface area contributed by atoms with Crippen LogP contribution < -0.4 is 9.47 Å². The van der Waals surface area contributed by atoms with E-state index < -0.39 is 11.9 Å². The van der Waals surface area contributed by atoms with E-state index in [9.17, 15) is 9.59 Å². The molecule has 0 saturated heterocycles. The van der Waals surface area contributed by atoms with Gasteiger partial charge in [0, 0.05) is 0 Å². The number of ether oxygens (including phenoxy) is 3. The SMILES string of the molecule is COc1ccc(C(=O)Oc2ccc(N=Nc3ccc(C(=O)OCCCl)cc3)cc2)cc1. The van der Waals surface area contributed by atoms with E-state index in [0.717, 1.165) is 0 Å². The van der Waals surface area contributed by atoms with Crippen LogP contribution in [-0.4, -0.2) is 31.5 Å². The molecular weight excluding hydrogens is 420 g/mol. The lowest BCUT2D eigenvalue weighted by molar-refractivity contribution is 0.0528. The average molecular weight is 439 g/mol. The highest BCUT2D eigenvalue weighted by atomic mass is 35.5. The lowest BCUT2D eigenvalue weighted by Gasteiger charge is -2.05. The second-order valence-electron chi connectivity index (χ2n) is 6.18. The molecule has 0 spiro atoms. The summed E-state index contributed by atoms with van der Waals surface area (Å²) < 4.78 is 15.4. The van der Waals surface area contributed by atoms with Crippen molar-refractivity contribution in [1.82, 2.24) is 0 Å². The van der Waals surface area contributed by atoms with E-state index in [0.29, 0.717) is 34.0 Å². The van der Waals surface area contributed by atoms with Gasteiger partial charge in [-0.05, 0) is 72.8 Å². The van der Waals surface area contributed by atoms with Crippen molar-refractivity contribution in [1.29, 1.82) is 0 Å². The highest BCUT2D eigenvalue weighted by molar-refractivity contribution is 6.18. The monoisotopic (exact) mass is 438 g/mol.